The van der Waals surface area contributed by atoms with Crippen molar-refractivity contribution < 1.29 is 33.8 Å². The monoisotopic (exact) mass is 375 g/mol. The molecule has 0 aliphatic heterocycles. The molecule has 8 nitrogen and oxygen atoms in total. The fourth-order valence-electron chi connectivity index (χ4n) is 2.63. The standard InChI is InChI=1S/C16H25NO7S/c1-10(18)17-12(13(19)20)16(2,3)25-15(22)24-9-23-14(21)11-7-5-4-6-8-11/h11-12H,4-9H2,1-3H3,(H,17,18)(H,19,20). The number of carbonyl (C=O) groups excluding carboxylic acids is 3. The molecule has 1 amide bonds. The smallest absolute Gasteiger partial charge is 0.370 e. The summed E-state index contributed by atoms with van der Waals surface area (Å²) in [5.74, 6) is -2.30. The second-order valence-electron chi connectivity index (χ2n) is 6.49. The van der Waals surface area contributed by atoms with E-state index in [2.05, 4.69) is 5.32 Å². The van der Waals surface area contributed by atoms with Gasteiger partial charge in [-0.15, -0.1) is 0 Å². The number of hydrogen-bond acceptors (Lipinski definition) is 7. The van der Waals surface area contributed by atoms with Crippen molar-refractivity contribution in [2.24, 2.45) is 5.92 Å². The first-order chi connectivity index (χ1) is 11.6. The number of nitrogens with one attached hydrogen (secondary N) is 1. The third kappa shape index (κ3) is 7.33. The van der Waals surface area contributed by atoms with Crippen LogP contribution in [0.1, 0.15) is 52.9 Å². The summed E-state index contributed by atoms with van der Waals surface area (Å²) in [5, 5.41) is 10.7. The number of carboxylic acid groups (broad SMARTS) is 1. The minimum absolute atomic E-state index is 0.146. The van der Waals surface area contributed by atoms with Gasteiger partial charge in [0.2, 0.25) is 12.7 Å². The Kier molecular flexibility index (Phi) is 8.21. The van der Waals surface area contributed by atoms with Crippen LogP contribution in [0.5, 0.6) is 0 Å². The summed E-state index contributed by atoms with van der Waals surface area (Å²) in [5.41, 5.74) is 0. The molecule has 0 heterocycles. The van der Waals surface area contributed by atoms with E-state index in [1.165, 1.54) is 20.8 Å². The molecule has 1 unspecified atom stereocenters. The summed E-state index contributed by atoms with van der Waals surface area (Å²) in [6.45, 7) is 3.69. The van der Waals surface area contributed by atoms with Crippen LogP contribution in [0.25, 0.3) is 0 Å². The number of carboxylic acids is 1. The SMILES string of the molecule is CC(=O)NC(C(=O)O)C(C)(C)SC(=O)OCOC(=O)C1CCCCC1. The Bertz CT molecular complexity index is 515. The van der Waals surface area contributed by atoms with E-state index in [-0.39, 0.29) is 11.9 Å². The molecule has 1 atom stereocenters. The Balaban J connectivity index is 2.44. The van der Waals surface area contributed by atoms with Gasteiger partial charge in [-0.2, -0.15) is 0 Å². The topological polar surface area (TPSA) is 119 Å². The summed E-state index contributed by atoms with van der Waals surface area (Å²) in [4.78, 5) is 46.1. The molecule has 0 bridgehead atoms. The van der Waals surface area contributed by atoms with Gasteiger partial charge in [-0.1, -0.05) is 19.3 Å². The van der Waals surface area contributed by atoms with Crippen LogP contribution >= 0.6 is 11.8 Å². The zero-order valence-corrected chi connectivity index (χ0v) is 15.5. The first-order valence-corrected chi connectivity index (χ1v) is 8.97. The van der Waals surface area contributed by atoms with Crippen molar-refractivity contribution in [1.82, 2.24) is 5.32 Å². The molecule has 1 fully saturated rings. The molecule has 0 aromatic carbocycles. The van der Waals surface area contributed by atoms with Gasteiger partial charge >= 0.3 is 17.2 Å². The molecular formula is C16H25NO7S. The lowest BCUT2D eigenvalue weighted by atomic mass is 9.89. The van der Waals surface area contributed by atoms with E-state index < -0.39 is 34.8 Å². The van der Waals surface area contributed by atoms with E-state index in [9.17, 15) is 24.3 Å². The number of thioether (sulfide) groups is 1. The van der Waals surface area contributed by atoms with Gasteiger partial charge in [0.15, 0.2) is 0 Å². The van der Waals surface area contributed by atoms with E-state index in [0.29, 0.717) is 11.8 Å². The van der Waals surface area contributed by atoms with E-state index in [4.69, 9.17) is 9.47 Å². The minimum atomic E-state index is -1.27. The summed E-state index contributed by atoms with van der Waals surface area (Å²) >= 11 is 0.620. The van der Waals surface area contributed by atoms with Gasteiger partial charge < -0.3 is 19.9 Å². The third-order valence-corrected chi connectivity index (χ3v) is 5.00. The maximum absolute atomic E-state index is 11.9. The highest BCUT2D eigenvalue weighted by Gasteiger charge is 2.39. The van der Waals surface area contributed by atoms with Gasteiger partial charge in [0.1, 0.15) is 6.04 Å². The number of aliphatic carboxylic acids is 1. The van der Waals surface area contributed by atoms with Crippen molar-refractivity contribution in [3.05, 3.63) is 0 Å². The Morgan fingerprint density at radius 1 is 1.16 bits per heavy atom. The van der Waals surface area contributed by atoms with Gasteiger partial charge in [-0.25, -0.2) is 9.59 Å². The molecule has 0 saturated heterocycles. The number of ether oxygens (including phenoxy) is 2. The minimum Gasteiger partial charge on any atom is -0.480 e. The average Bonchev–Trinajstić information content (AvgIpc) is 2.52. The molecule has 1 aliphatic carbocycles. The Morgan fingerprint density at radius 3 is 2.28 bits per heavy atom. The van der Waals surface area contributed by atoms with E-state index in [0.717, 1.165) is 32.1 Å². The average molecular weight is 375 g/mol. The summed E-state index contributed by atoms with van der Waals surface area (Å²) in [6.07, 6.45) is 4.66. The van der Waals surface area contributed by atoms with Gasteiger partial charge in [-0.05, 0) is 38.5 Å². The number of hydrogen-bond donors (Lipinski definition) is 2. The van der Waals surface area contributed by atoms with Gasteiger partial charge in [0, 0.05) is 6.92 Å². The van der Waals surface area contributed by atoms with Crippen molar-refractivity contribution >= 4 is 34.9 Å². The van der Waals surface area contributed by atoms with Crippen molar-refractivity contribution in [2.45, 2.75) is 63.7 Å². The third-order valence-electron chi connectivity index (χ3n) is 3.95. The van der Waals surface area contributed by atoms with Crippen LogP contribution in [-0.2, 0) is 23.9 Å². The van der Waals surface area contributed by atoms with Crippen LogP contribution in [0.4, 0.5) is 4.79 Å². The van der Waals surface area contributed by atoms with Crippen LogP contribution < -0.4 is 5.32 Å². The van der Waals surface area contributed by atoms with Gasteiger partial charge in [0.05, 0.1) is 10.7 Å². The number of carbonyl (C=O) groups is 4. The lowest BCUT2D eigenvalue weighted by molar-refractivity contribution is -0.157. The zero-order valence-electron chi connectivity index (χ0n) is 14.7. The molecule has 142 valence electrons. The maximum Gasteiger partial charge on any atom is 0.370 e. The summed E-state index contributed by atoms with van der Waals surface area (Å²) in [6, 6.07) is -1.27. The molecule has 0 aromatic heterocycles. The molecule has 25 heavy (non-hydrogen) atoms. The Labute approximate surface area is 151 Å². The molecule has 1 saturated carbocycles. The largest absolute Gasteiger partial charge is 0.480 e. The molecule has 2 N–H and O–H groups in total. The first-order valence-electron chi connectivity index (χ1n) is 8.16. The maximum atomic E-state index is 11.9. The van der Waals surface area contributed by atoms with Crippen LogP contribution in [0.2, 0.25) is 0 Å². The van der Waals surface area contributed by atoms with Crippen molar-refractivity contribution in [2.75, 3.05) is 6.79 Å². The molecule has 1 aliphatic rings. The van der Waals surface area contributed by atoms with E-state index in [1.807, 2.05) is 0 Å². The first kappa shape index (κ1) is 21.3. The lowest BCUT2D eigenvalue weighted by Gasteiger charge is -2.29. The molecule has 1 rings (SSSR count). The summed E-state index contributed by atoms with van der Waals surface area (Å²) < 4.78 is 8.66. The number of rotatable bonds is 7. The number of amides is 1. The van der Waals surface area contributed by atoms with Crippen molar-refractivity contribution in [3.63, 3.8) is 0 Å². The van der Waals surface area contributed by atoms with Crippen molar-refractivity contribution in [1.29, 1.82) is 0 Å². The Morgan fingerprint density at radius 2 is 1.76 bits per heavy atom. The summed E-state index contributed by atoms with van der Waals surface area (Å²) in [7, 11) is 0. The Hall–Kier alpha value is -1.77. The molecule has 9 heteroatoms. The fraction of sp³-hybridized carbons (Fsp3) is 0.750. The van der Waals surface area contributed by atoms with Crippen LogP contribution in [-0.4, -0.2) is 45.8 Å². The molecule has 0 spiro atoms. The molecule has 0 radical (unpaired) electrons. The van der Waals surface area contributed by atoms with Crippen LogP contribution in [0.15, 0.2) is 0 Å². The number of esters is 1. The van der Waals surface area contributed by atoms with Crippen LogP contribution in [0.3, 0.4) is 0 Å². The van der Waals surface area contributed by atoms with Gasteiger partial charge in [0.25, 0.3) is 0 Å². The van der Waals surface area contributed by atoms with Crippen LogP contribution in [0, 0.1) is 5.92 Å². The highest BCUT2D eigenvalue weighted by molar-refractivity contribution is 8.14. The zero-order chi connectivity index (χ0) is 19.0. The van der Waals surface area contributed by atoms with E-state index in [1.54, 1.807) is 0 Å². The van der Waals surface area contributed by atoms with E-state index >= 15 is 0 Å². The second-order valence-corrected chi connectivity index (χ2v) is 8.08. The highest BCUT2D eigenvalue weighted by Crippen LogP contribution is 2.30. The quantitative estimate of drug-likeness (QED) is 0.514. The lowest BCUT2D eigenvalue weighted by Crippen LogP contribution is -2.52. The van der Waals surface area contributed by atoms with Crippen molar-refractivity contribution in [3.8, 4) is 0 Å². The predicted molar refractivity (Wildman–Crippen MR) is 90.9 cm³/mol. The normalized spacial score (nSPS) is 16.6. The van der Waals surface area contributed by atoms with Gasteiger partial charge in [-0.3, -0.25) is 9.59 Å². The molecule has 0 aromatic rings. The fourth-order valence-corrected chi connectivity index (χ4v) is 3.45. The predicted octanol–water partition coefficient (Wildman–Crippen LogP) is 2.31. The molecular weight excluding hydrogens is 350 g/mol. The highest BCUT2D eigenvalue weighted by atomic mass is 32.2. The second kappa shape index (κ2) is 9.65.